The lowest BCUT2D eigenvalue weighted by molar-refractivity contribution is -0.121. The van der Waals surface area contributed by atoms with Crippen LogP contribution in [0.5, 0.6) is 0 Å². The highest BCUT2D eigenvalue weighted by Gasteiger charge is 2.12. The molecule has 1 amide bonds. The lowest BCUT2D eigenvalue weighted by atomic mass is 10.0. The average molecular weight is 362 g/mol. The van der Waals surface area contributed by atoms with Gasteiger partial charge >= 0.3 is 0 Å². The molecule has 0 aliphatic heterocycles. The lowest BCUT2D eigenvalue weighted by Gasteiger charge is -2.18. The van der Waals surface area contributed by atoms with Crippen molar-refractivity contribution >= 4 is 21.8 Å². The maximum atomic E-state index is 11.9. The molecule has 1 atom stereocenters. The Labute approximate surface area is 141 Å². The minimum atomic E-state index is 0.225. The predicted molar refractivity (Wildman–Crippen MR) is 97.0 cm³/mol. The molecule has 0 saturated heterocycles. The number of rotatable bonds is 14. The number of nitrogens with one attached hydrogen (secondary N) is 1. The smallest absolute Gasteiger partial charge is 0.220 e. The Kier molecular flexibility index (Phi) is 14.8. The lowest BCUT2D eigenvalue weighted by Crippen LogP contribution is -2.36. The first kappa shape index (κ1) is 20.9. The van der Waals surface area contributed by atoms with Crippen molar-refractivity contribution < 1.29 is 4.79 Å². The van der Waals surface area contributed by atoms with E-state index >= 15 is 0 Å². The molecule has 1 unspecified atom stereocenters. The summed E-state index contributed by atoms with van der Waals surface area (Å²) in [5.41, 5.74) is 0. The zero-order chi connectivity index (χ0) is 15.9. The molecule has 0 heterocycles. The van der Waals surface area contributed by atoms with E-state index in [4.69, 9.17) is 0 Å². The van der Waals surface area contributed by atoms with Crippen LogP contribution in [-0.4, -0.2) is 17.3 Å². The third-order valence-corrected chi connectivity index (χ3v) is 4.60. The normalized spacial score (nSPS) is 12.6. The van der Waals surface area contributed by atoms with E-state index < -0.39 is 0 Å². The maximum absolute atomic E-state index is 11.9. The number of amides is 1. The van der Waals surface area contributed by atoms with Crippen molar-refractivity contribution in [1.82, 2.24) is 5.32 Å². The Morgan fingerprint density at radius 3 is 1.95 bits per heavy atom. The molecule has 0 saturated carbocycles. The van der Waals surface area contributed by atoms with E-state index in [9.17, 15) is 4.79 Å². The summed E-state index contributed by atoms with van der Waals surface area (Å²) in [6.45, 7) is 6.65. The molecule has 0 aromatic carbocycles. The maximum Gasteiger partial charge on any atom is 0.220 e. The molecule has 1 N–H and O–H groups in total. The van der Waals surface area contributed by atoms with E-state index in [0.717, 1.165) is 18.2 Å². The quantitative estimate of drug-likeness (QED) is 0.306. The van der Waals surface area contributed by atoms with Crippen LogP contribution in [0.1, 0.15) is 91.4 Å². The van der Waals surface area contributed by atoms with Gasteiger partial charge in [0.1, 0.15) is 0 Å². The van der Waals surface area contributed by atoms with Crippen molar-refractivity contribution in [2.75, 3.05) is 5.33 Å². The second-order valence-corrected chi connectivity index (χ2v) is 7.27. The summed E-state index contributed by atoms with van der Waals surface area (Å²) in [6, 6.07) is 0.288. The second kappa shape index (κ2) is 14.9. The molecular formula is C18H36BrNO. The third kappa shape index (κ3) is 14.6. The molecule has 0 aromatic heterocycles. The van der Waals surface area contributed by atoms with E-state index in [1.807, 2.05) is 0 Å². The largest absolute Gasteiger partial charge is 0.353 e. The van der Waals surface area contributed by atoms with Gasteiger partial charge in [-0.15, -0.1) is 0 Å². The molecule has 0 fully saturated rings. The number of carbonyl (C=O) groups excluding carboxylic acids is 1. The predicted octanol–water partition coefficient (Wildman–Crippen LogP) is 5.83. The van der Waals surface area contributed by atoms with Crippen LogP contribution in [0.15, 0.2) is 0 Å². The number of unbranched alkanes of at least 4 members (excludes halogenated alkanes) is 8. The summed E-state index contributed by atoms with van der Waals surface area (Å²) in [4.78, 5) is 11.9. The fourth-order valence-corrected chi connectivity index (χ4v) is 3.05. The molecule has 0 bridgehead atoms. The SMILES string of the molecule is CCCCCCCCCCCC(=O)NC(CBr)CC(C)C. The first-order valence-electron chi connectivity index (χ1n) is 8.95. The summed E-state index contributed by atoms with van der Waals surface area (Å²) in [5.74, 6) is 0.851. The topological polar surface area (TPSA) is 29.1 Å². The van der Waals surface area contributed by atoms with Gasteiger partial charge < -0.3 is 5.32 Å². The highest BCUT2D eigenvalue weighted by Crippen LogP contribution is 2.11. The van der Waals surface area contributed by atoms with Gasteiger partial charge in [-0.25, -0.2) is 0 Å². The summed E-state index contributed by atoms with van der Waals surface area (Å²) < 4.78 is 0. The van der Waals surface area contributed by atoms with Gasteiger partial charge in [0.15, 0.2) is 0 Å². The summed E-state index contributed by atoms with van der Waals surface area (Å²) in [5, 5.41) is 3.99. The van der Waals surface area contributed by atoms with E-state index in [2.05, 4.69) is 42.0 Å². The van der Waals surface area contributed by atoms with Gasteiger partial charge in [0, 0.05) is 17.8 Å². The number of hydrogen-bond acceptors (Lipinski definition) is 1. The van der Waals surface area contributed by atoms with Crippen molar-refractivity contribution in [3.8, 4) is 0 Å². The van der Waals surface area contributed by atoms with Crippen molar-refractivity contribution in [3.63, 3.8) is 0 Å². The number of hydrogen-bond donors (Lipinski definition) is 1. The van der Waals surface area contributed by atoms with Crippen LogP contribution in [0.25, 0.3) is 0 Å². The summed E-state index contributed by atoms with van der Waals surface area (Å²) in [6.07, 6.45) is 13.4. The van der Waals surface area contributed by atoms with Gasteiger partial charge in [0.2, 0.25) is 5.91 Å². The third-order valence-electron chi connectivity index (χ3n) is 3.81. The Balaban J connectivity index is 3.44. The van der Waals surface area contributed by atoms with Crippen LogP contribution >= 0.6 is 15.9 Å². The van der Waals surface area contributed by atoms with Gasteiger partial charge in [0.25, 0.3) is 0 Å². The second-order valence-electron chi connectivity index (χ2n) is 6.63. The Morgan fingerprint density at radius 2 is 1.48 bits per heavy atom. The highest BCUT2D eigenvalue weighted by molar-refractivity contribution is 9.09. The fraction of sp³-hybridized carbons (Fsp3) is 0.944. The van der Waals surface area contributed by atoms with Crippen LogP contribution in [0, 0.1) is 5.92 Å². The van der Waals surface area contributed by atoms with Gasteiger partial charge in [-0.05, 0) is 18.8 Å². The first-order chi connectivity index (χ1) is 10.1. The van der Waals surface area contributed by atoms with Crippen molar-refractivity contribution in [2.45, 2.75) is 97.4 Å². The number of carbonyl (C=O) groups is 1. The molecule has 0 rings (SSSR count). The Hall–Kier alpha value is -0.0500. The van der Waals surface area contributed by atoms with E-state index in [1.54, 1.807) is 0 Å². The molecule has 0 aromatic rings. The van der Waals surface area contributed by atoms with Crippen LogP contribution in [-0.2, 0) is 4.79 Å². The molecule has 3 heteroatoms. The zero-order valence-corrected chi connectivity index (χ0v) is 16.0. The zero-order valence-electron chi connectivity index (χ0n) is 14.4. The summed E-state index contributed by atoms with van der Waals surface area (Å²) >= 11 is 3.49. The number of alkyl halides is 1. The van der Waals surface area contributed by atoms with Gasteiger partial charge in [-0.2, -0.15) is 0 Å². The van der Waals surface area contributed by atoms with Gasteiger partial charge in [0.05, 0.1) is 0 Å². The molecule has 126 valence electrons. The van der Waals surface area contributed by atoms with Gasteiger partial charge in [-0.1, -0.05) is 88.1 Å². The molecule has 21 heavy (non-hydrogen) atoms. The fourth-order valence-electron chi connectivity index (χ4n) is 2.63. The van der Waals surface area contributed by atoms with Crippen LogP contribution in [0.3, 0.4) is 0 Å². The Morgan fingerprint density at radius 1 is 0.952 bits per heavy atom. The molecule has 2 nitrogen and oxygen atoms in total. The monoisotopic (exact) mass is 361 g/mol. The van der Waals surface area contributed by atoms with Crippen molar-refractivity contribution in [2.24, 2.45) is 5.92 Å². The Bertz CT molecular complexity index is 243. The number of halogens is 1. The average Bonchev–Trinajstić information content (AvgIpc) is 2.44. The molecule has 0 aliphatic rings. The van der Waals surface area contributed by atoms with Crippen LogP contribution in [0.4, 0.5) is 0 Å². The van der Waals surface area contributed by atoms with Crippen molar-refractivity contribution in [3.05, 3.63) is 0 Å². The first-order valence-corrected chi connectivity index (χ1v) is 10.1. The highest BCUT2D eigenvalue weighted by atomic mass is 79.9. The minimum absolute atomic E-state index is 0.225. The van der Waals surface area contributed by atoms with Crippen LogP contribution in [0.2, 0.25) is 0 Å². The van der Waals surface area contributed by atoms with E-state index in [1.165, 1.54) is 51.4 Å². The van der Waals surface area contributed by atoms with E-state index in [0.29, 0.717) is 12.3 Å². The molecule has 0 spiro atoms. The van der Waals surface area contributed by atoms with Gasteiger partial charge in [-0.3, -0.25) is 4.79 Å². The summed E-state index contributed by atoms with van der Waals surface area (Å²) in [7, 11) is 0. The van der Waals surface area contributed by atoms with Crippen molar-refractivity contribution in [1.29, 1.82) is 0 Å². The molecular weight excluding hydrogens is 326 g/mol. The van der Waals surface area contributed by atoms with Crippen LogP contribution < -0.4 is 5.32 Å². The molecule has 0 radical (unpaired) electrons. The standard InChI is InChI=1S/C18H36BrNO/c1-4-5-6-7-8-9-10-11-12-13-18(21)20-17(15-19)14-16(2)3/h16-17H,4-15H2,1-3H3,(H,20,21). The molecule has 0 aliphatic carbocycles. The minimum Gasteiger partial charge on any atom is -0.353 e. The van der Waals surface area contributed by atoms with E-state index in [-0.39, 0.29) is 11.9 Å².